The highest BCUT2D eigenvalue weighted by atomic mass is 14.6. The van der Waals surface area contributed by atoms with Crippen LogP contribution >= 0.6 is 0 Å². The first-order valence-electron chi connectivity index (χ1n) is 8.78. The van der Waals surface area contributed by atoms with E-state index in [9.17, 15) is 0 Å². The van der Waals surface area contributed by atoms with Crippen LogP contribution in [0.1, 0.15) is 77.6 Å². The Hall–Kier alpha value is 0. The van der Waals surface area contributed by atoms with Gasteiger partial charge in [0.25, 0.3) is 0 Å². The first-order chi connectivity index (χ1) is 8.78. The topological polar surface area (TPSA) is 0 Å². The fourth-order valence-electron chi connectivity index (χ4n) is 6.82. The molecule has 102 valence electrons. The fourth-order valence-corrected chi connectivity index (χ4v) is 6.82. The summed E-state index contributed by atoms with van der Waals surface area (Å²) in [6, 6.07) is 0. The van der Waals surface area contributed by atoms with Crippen LogP contribution < -0.4 is 0 Å². The van der Waals surface area contributed by atoms with Crippen molar-refractivity contribution in [2.75, 3.05) is 0 Å². The molecule has 0 spiro atoms. The van der Waals surface area contributed by atoms with E-state index >= 15 is 0 Å². The summed E-state index contributed by atoms with van der Waals surface area (Å²) < 4.78 is 0. The van der Waals surface area contributed by atoms with Crippen molar-refractivity contribution in [3.8, 4) is 0 Å². The lowest BCUT2D eigenvalue weighted by Crippen LogP contribution is -2.46. The maximum absolute atomic E-state index is 2.63. The van der Waals surface area contributed by atoms with Crippen molar-refractivity contribution in [3.05, 3.63) is 0 Å². The number of hydrogen-bond donors (Lipinski definition) is 0. The molecule has 4 saturated carbocycles. The Kier molecular flexibility index (Phi) is 2.79. The van der Waals surface area contributed by atoms with E-state index in [4.69, 9.17) is 0 Å². The van der Waals surface area contributed by atoms with Gasteiger partial charge in [0.2, 0.25) is 0 Å². The summed E-state index contributed by atoms with van der Waals surface area (Å²) in [5.41, 5.74) is 0.767. The van der Waals surface area contributed by atoms with E-state index < -0.39 is 0 Å². The molecule has 0 nitrogen and oxygen atoms in total. The Morgan fingerprint density at radius 2 is 1.56 bits per heavy atom. The van der Waals surface area contributed by atoms with Gasteiger partial charge in [-0.1, -0.05) is 32.6 Å². The highest BCUT2D eigenvalue weighted by Crippen LogP contribution is 2.62. The van der Waals surface area contributed by atoms with Crippen molar-refractivity contribution < 1.29 is 0 Å². The molecule has 0 heterocycles. The molecule has 4 fully saturated rings. The molecule has 18 heavy (non-hydrogen) atoms. The molecular weight excluding hydrogens is 216 g/mol. The van der Waals surface area contributed by atoms with E-state index in [0.29, 0.717) is 0 Å². The van der Waals surface area contributed by atoms with E-state index in [1.54, 1.807) is 70.6 Å². The SMILES string of the molecule is C[C@@]12CCCC1C1CCC3CCCCC3[C@H]1CC2. The molecule has 4 unspecified atom stereocenters. The van der Waals surface area contributed by atoms with Gasteiger partial charge < -0.3 is 0 Å². The van der Waals surface area contributed by atoms with Gasteiger partial charge in [-0.3, -0.25) is 0 Å². The lowest BCUT2D eigenvalue weighted by molar-refractivity contribution is -0.0492. The molecule has 4 aliphatic rings. The fraction of sp³-hybridized carbons (Fsp3) is 1.00. The smallest absolute Gasteiger partial charge is 0.0295 e. The van der Waals surface area contributed by atoms with Crippen LogP contribution in [0.3, 0.4) is 0 Å². The first-order valence-corrected chi connectivity index (χ1v) is 8.78. The Morgan fingerprint density at radius 3 is 2.50 bits per heavy atom. The molecule has 4 rings (SSSR count). The lowest BCUT2D eigenvalue weighted by Gasteiger charge is -2.54. The molecule has 0 N–H and O–H groups in total. The van der Waals surface area contributed by atoms with Crippen molar-refractivity contribution in [1.29, 1.82) is 0 Å². The number of hydrogen-bond acceptors (Lipinski definition) is 0. The van der Waals surface area contributed by atoms with Crippen LogP contribution in [0.4, 0.5) is 0 Å². The predicted molar refractivity (Wildman–Crippen MR) is 76.3 cm³/mol. The highest BCUT2D eigenvalue weighted by Gasteiger charge is 2.52. The molecule has 0 heteroatoms. The zero-order chi connectivity index (χ0) is 12.2. The quantitative estimate of drug-likeness (QED) is 0.535. The minimum Gasteiger partial charge on any atom is -0.0594 e. The molecule has 0 aromatic carbocycles. The summed E-state index contributed by atoms with van der Waals surface area (Å²) in [5, 5.41) is 0. The Bertz CT molecular complexity index is 320. The van der Waals surface area contributed by atoms with Crippen molar-refractivity contribution in [3.63, 3.8) is 0 Å². The summed E-state index contributed by atoms with van der Waals surface area (Å²) in [7, 11) is 0. The summed E-state index contributed by atoms with van der Waals surface area (Å²) in [6.07, 6.45) is 17.3. The van der Waals surface area contributed by atoms with Gasteiger partial charge in [-0.2, -0.15) is 0 Å². The van der Waals surface area contributed by atoms with E-state index in [1.807, 2.05) is 0 Å². The van der Waals surface area contributed by atoms with Crippen molar-refractivity contribution in [2.24, 2.45) is 35.0 Å². The summed E-state index contributed by atoms with van der Waals surface area (Å²) in [4.78, 5) is 0. The average Bonchev–Trinajstić information content (AvgIpc) is 2.80. The van der Waals surface area contributed by atoms with Gasteiger partial charge in [0.05, 0.1) is 0 Å². The largest absolute Gasteiger partial charge is 0.0594 e. The minimum absolute atomic E-state index is 0.767. The van der Waals surface area contributed by atoms with Gasteiger partial charge in [0, 0.05) is 0 Å². The van der Waals surface area contributed by atoms with E-state index in [1.165, 1.54) is 0 Å². The van der Waals surface area contributed by atoms with Crippen molar-refractivity contribution in [2.45, 2.75) is 77.6 Å². The van der Waals surface area contributed by atoms with E-state index in [2.05, 4.69) is 6.92 Å². The number of fused-ring (bicyclic) bond motifs is 5. The second kappa shape index (κ2) is 4.25. The van der Waals surface area contributed by atoms with Crippen LogP contribution in [-0.2, 0) is 0 Å². The third-order valence-corrected chi connectivity index (χ3v) is 7.66. The van der Waals surface area contributed by atoms with Gasteiger partial charge in [0.15, 0.2) is 0 Å². The summed E-state index contributed by atoms with van der Waals surface area (Å²) in [5.74, 6) is 5.72. The van der Waals surface area contributed by atoms with Crippen LogP contribution in [0, 0.1) is 35.0 Å². The Labute approximate surface area is 113 Å². The normalized spacial score (nSPS) is 55.5. The second-order valence-electron chi connectivity index (χ2n) is 8.30. The van der Waals surface area contributed by atoms with E-state index in [0.717, 1.165) is 35.0 Å². The maximum atomic E-state index is 2.63. The highest BCUT2D eigenvalue weighted by molar-refractivity contribution is 5.02. The molecule has 0 saturated heterocycles. The van der Waals surface area contributed by atoms with Crippen LogP contribution in [0.5, 0.6) is 0 Å². The molecule has 0 amide bonds. The van der Waals surface area contributed by atoms with Crippen LogP contribution in [-0.4, -0.2) is 0 Å². The minimum atomic E-state index is 0.767. The molecule has 0 aromatic rings. The van der Waals surface area contributed by atoms with Gasteiger partial charge in [-0.15, -0.1) is 0 Å². The summed E-state index contributed by atoms with van der Waals surface area (Å²) in [6.45, 7) is 2.63. The Morgan fingerprint density at radius 1 is 0.667 bits per heavy atom. The molecule has 0 radical (unpaired) electrons. The predicted octanol–water partition coefficient (Wildman–Crippen LogP) is 5.42. The third-order valence-electron chi connectivity index (χ3n) is 7.66. The third kappa shape index (κ3) is 1.63. The average molecular weight is 246 g/mol. The molecule has 6 atom stereocenters. The van der Waals surface area contributed by atoms with Gasteiger partial charge >= 0.3 is 0 Å². The van der Waals surface area contributed by atoms with Crippen molar-refractivity contribution >= 4 is 0 Å². The molecule has 4 aliphatic carbocycles. The zero-order valence-corrected chi connectivity index (χ0v) is 12.2. The molecule has 0 bridgehead atoms. The van der Waals surface area contributed by atoms with Crippen LogP contribution in [0.25, 0.3) is 0 Å². The van der Waals surface area contributed by atoms with E-state index in [-0.39, 0.29) is 0 Å². The molecule has 0 aromatic heterocycles. The van der Waals surface area contributed by atoms with Crippen LogP contribution in [0.2, 0.25) is 0 Å². The second-order valence-corrected chi connectivity index (χ2v) is 8.30. The first kappa shape index (κ1) is 11.8. The van der Waals surface area contributed by atoms with Gasteiger partial charge in [-0.05, 0) is 80.0 Å². The van der Waals surface area contributed by atoms with Gasteiger partial charge in [0.1, 0.15) is 0 Å². The van der Waals surface area contributed by atoms with Gasteiger partial charge in [-0.25, -0.2) is 0 Å². The monoisotopic (exact) mass is 246 g/mol. The lowest BCUT2D eigenvalue weighted by atomic mass is 9.51. The maximum Gasteiger partial charge on any atom is -0.0295 e. The van der Waals surface area contributed by atoms with Crippen LogP contribution in [0.15, 0.2) is 0 Å². The standard InChI is InChI=1S/C18H30/c1-18-11-4-7-17(18)16-9-8-13-5-2-3-6-14(13)15(16)10-12-18/h13-17H,2-12H2,1H3/t13?,14?,15-,16?,17?,18+/m1/s1. The number of rotatable bonds is 0. The molecular formula is C18H30. The molecule has 0 aliphatic heterocycles. The van der Waals surface area contributed by atoms with Crippen molar-refractivity contribution in [1.82, 2.24) is 0 Å². The Balaban J connectivity index is 1.59. The summed E-state index contributed by atoms with van der Waals surface area (Å²) >= 11 is 0. The zero-order valence-electron chi connectivity index (χ0n) is 12.2.